The number of amides is 1. The Kier molecular flexibility index (Phi) is 4.66. The normalized spacial score (nSPS) is 14.5. The number of benzene rings is 1. The lowest BCUT2D eigenvalue weighted by Gasteiger charge is -2.10. The number of aromatic nitrogens is 2. The number of fused-ring (bicyclic) bond motifs is 1. The van der Waals surface area contributed by atoms with Gasteiger partial charge in [0.25, 0.3) is 5.91 Å². The molecular formula is C18H23FN4O. The van der Waals surface area contributed by atoms with Gasteiger partial charge in [0.2, 0.25) is 0 Å². The predicted molar refractivity (Wildman–Crippen MR) is 91.1 cm³/mol. The number of carbonyl (C=O) groups is 1. The van der Waals surface area contributed by atoms with E-state index >= 15 is 0 Å². The summed E-state index contributed by atoms with van der Waals surface area (Å²) in [4.78, 5) is 12.5. The Hall–Kier alpha value is -2.21. The van der Waals surface area contributed by atoms with Crippen molar-refractivity contribution in [3.8, 4) is 5.69 Å². The molecule has 1 amide bonds. The summed E-state index contributed by atoms with van der Waals surface area (Å²) >= 11 is 0. The molecule has 0 saturated heterocycles. The molecule has 0 spiro atoms. The van der Waals surface area contributed by atoms with Crippen molar-refractivity contribution in [3.05, 3.63) is 46.5 Å². The van der Waals surface area contributed by atoms with Crippen molar-refractivity contribution in [1.82, 2.24) is 20.4 Å². The lowest BCUT2D eigenvalue weighted by Crippen LogP contribution is -2.37. The highest BCUT2D eigenvalue weighted by Crippen LogP contribution is 2.28. The fraction of sp³-hybridized carbons (Fsp3) is 0.444. The number of likely N-dealkylation sites (N-methyl/N-ethyl adjacent to an activating group) is 1. The molecule has 1 aliphatic carbocycles. The Balaban J connectivity index is 1.94. The van der Waals surface area contributed by atoms with Crippen LogP contribution in [-0.4, -0.2) is 35.3 Å². The van der Waals surface area contributed by atoms with Crippen molar-refractivity contribution in [2.75, 3.05) is 13.6 Å². The van der Waals surface area contributed by atoms with Gasteiger partial charge in [-0.1, -0.05) is 6.07 Å². The lowest BCUT2D eigenvalue weighted by molar-refractivity contribution is 0.0944. The van der Waals surface area contributed by atoms with Crippen LogP contribution in [0.4, 0.5) is 4.39 Å². The Morgan fingerprint density at radius 3 is 2.92 bits per heavy atom. The van der Waals surface area contributed by atoms with E-state index in [-0.39, 0.29) is 17.8 Å². The summed E-state index contributed by atoms with van der Waals surface area (Å²) < 4.78 is 15.9. The molecule has 3 rings (SSSR count). The number of nitrogens with zero attached hydrogens (tertiary/aromatic N) is 2. The second-order valence-electron chi connectivity index (χ2n) is 6.39. The summed E-state index contributed by atoms with van der Waals surface area (Å²) in [5.74, 6) is -0.510. The zero-order valence-corrected chi connectivity index (χ0v) is 14.3. The molecule has 1 aromatic heterocycles. The minimum Gasteiger partial charge on any atom is -0.349 e. The molecule has 1 aliphatic rings. The maximum atomic E-state index is 14.3. The van der Waals surface area contributed by atoms with Crippen LogP contribution in [0.25, 0.3) is 5.69 Å². The first kappa shape index (κ1) is 16.6. The molecule has 128 valence electrons. The number of aryl methyl sites for hydroxylation is 1. The minimum absolute atomic E-state index is 0.179. The third kappa shape index (κ3) is 3.06. The predicted octanol–water partition coefficient (Wildman–Crippen LogP) is 2.15. The molecule has 0 fully saturated rings. The van der Waals surface area contributed by atoms with E-state index in [1.54, 1.807) is 10.7 Å². The van der Waals surface area contributed by atoms with Crippen LogP contribution in [0.3, 0.4) is 0 Å². The highest BCUT2D eigenvalue weighted by molar-refractivity contribution is 5.94. The number of nitrogens with one attached hydrogen (secondary N) is 2. The van der Waals surface area contributed by atoms with Crippen molar-refractivity contribution in [3.63, 3.8) is 0 Å². The maximum absolute atomic E-state index is 14.3. The quantitative estimate of drug-likeness (QED) is 0.883. The fourth-order valence-corrected chi connectivity index (χ4v) is 3.03. The smallest absolute Gasteiger partial charge is 0.272 e. The van der Waals surface area contributed by atoms with E-state index in [4.69, 9.17) is 0 Å². The van der Waals surface area contributed by atoms with Gasteiger partial charge in [-0.15, -0.1) is 0 Å². The highest BCUT2D eigenvalue weighted by atomic mass is 19.1. The Morgan fingerprint density at radius 1 is 1.42 bits per heavy atom. The van der Waals surface area contributed by atoms with E-state index < -0.39 is 0 Å². The van der Waals surface area contributed by atoms with Gasteiger partial charge in [-0.05, 0) is 57.9 Å². The second-order valence-corrected chi connectivity index (χ2v) is 6.39. The van der Waals surface area contributed by atoms with Crippen LogP contribution >= 0.6 is 0 Å². The molecule has 0 aliphatic heterocycles. The summed E-state index contributed by atoms with van der Waals surface area (Å²) in [6.07, 6.45) is 2.59. The second kappa shape index (κ2) is 6.73. The van der Waals surface area contributed by atoms with Gasteiger partial charge in [-0.2, -0.15) is 5.10 Å². The molecule has 0 radical (unpaired) electrons. The molecule has 1 aromatic carbocycles. The van der Waals surface area contributed by atoms with E-state index in [1.165, 1.54) is 6.07 Å². The maximum Gasteiger partial charge on any atom is 0.272 e. The summed E-state index contributed by atoms with van der Waals surface area (Å²) in [6.45, 7) is 4.36. The van der Waals surface area contributed by atoms with E-state index in [1.807, 2.05) is 27.0 Å². The van der Waals surface area contributed by atoms with Crippen LogP contribution < -0.4 is 10.6 Å². The summed E-state index contributed by atoms with van der Waals surface area (Å²) in [5.41, 5.74) is 3.58. The molecule has 5 nitrogen and oxygen atoms in total. The summed E-state index contributed by atoms with van der Waals surface area (Å²) in [7, 11) is 1.85. The Morgan fingerprint density at radius 2 is 2.21 bits per heavy atom. The van der Waals surface area contributed by atoms with Crippen molar-refractivity contribution >= 4 is 5.91 Å². The van der Waals surface area contributed by atoms with Crippen LogP contribution in [0, 0.1) is 12.7 Å². The van der Waals surface area contributed by atoms with Crippen molar-refractivity contribution in [2.24, 2.45) is 0 Å². The molecule has 24 heavy (non-hydrogen) atoms. The standard InChI is InChI=1S/C18H23FN4O/c1-11-7-8-16(14(19)9-11)23-15-6-4-5-13(15)17(22-23)18(24)21-10-12(2)20-3/h7-9,12,20H,4-6,10H2,1-3H3,(H,21,24). The van der Waals surface area contributed by atoms with Crippen LogP contribution in [-0.2, 0) is 12.8 Å². The average Bonchev–Trinajstić information content (AvgIpc) is 3.15. The molecule has 2 N–H and O–H groups in total. The molecule has 2 aromatic rings. The van der Waals surface area contributed by atoms with Gasteiger partial charge in [0.1, 0.15) is 11.5 Å². The van der Waals surface area contributed by atoms with Crippen LogP contribution in [0.5, 0.6) is 0 Å². The largest absolute Gasteiger partial charge is 0.349 e. The van der Waals surface area contributed by atoms with Crippen LogP contribution in [0.2, 0.25) is 0 Å². The molecule has 1 heterocycles. The van der Waals surface area contributed by atoms with Crippen LogP contribution in [0.15, 0.2) is 18.2 Å². The van der Waals surface area contributed by atoms with Gasteiger partial charge in [0.15, 0.2) is 5.69 Å². The van der Waals surface area contributed by atoms with Crippen molar-refractivity contribution < 1.29 is 9.18 Å². The molecule has 6 heteroatoms. The van der Waals surface area contributed by atoms with E-state index in [0.29, 0.717) is 17.9 Å². The van der Waals surface area contributed by atoms with Gasteiger partial charge >= 0.3 is 0 Å². The molecular weight excluding hydrogens is 307 g/mol. The lowest BCUT2D eigenvalue weighted by atomic mass is 10.2. The highest BCUT2D eigenvalue weighted by Gasteiger charge is 2.27. The number of halogens is 1. The van der Waals surface area contributed by atoms with Crippen LogP contribution in [0.1, 0.15) is 40.7 Å². The number of hydrogen-bond acceptors (Lipinski definition) is 3. The Bertz CT molecular complexity index is 769. The van der Waals surface area contributed by atoms with E-state index in [2.05, 4.69) is 15.7 Å². The zero-order chi connectivity index (χ0) is 17.3. The molecule has 1 atom stereocenters. The van der Waals surface area contributed by atoms with E-state index in [0.717, 1.165) is 36.1 Å². The number of carbonyl (C=O) groups excluding carboxylic acids is 1. The third-order valence-corrected chi connectivity index (χ3v) is 4.54. The first-order valence-corrected chi connectivity index (χ1v) is 8.34. The number of rotatable bonds is 5. The first-order chi connectivity index (χ1) is 11.5. The van der Waals surface area contributed by atoms with Gasteiger partial charge in [0.05, 0.1) is 0 Å². The third-order valence-electron chi connectivity index (χ3n) is 4.54. The SMILES string of the molecule is CNC(C)CNC(=O)c1nn(-c2ccc(C)cc2F)c2c1CCC2. The molecule has 1 unspecified atom stereocenters. The molecule has 0 saturated carbocycles. The monoisotopic (exact) mass is 330 g/mol. The Labute approximate surface area is 141 Å². The van der Waals surface area contributed by atoms with Gasteiger partial charge in [0, 0.05) is 23.8 Å². The fourth-order valence-electron chi connectivity index (χ4n) is 3.03. The average molecular weight is 330 g/mol. The summed E-state index contributed by atoms with van der Waals surface area (Å²) in [5, 5.41) is 10.4. The summed E-state index contributed by atoms with van der Waals surface area (Å²) in [6, 6.07) is 5.25. The topological polar surface area (TPSA) is 58.9 Å². The first-order valence-electron chi connectivity index (χ1n) is 8.34. The van der Waals surface area contributed by atoms with Gasteiger partial charge < -0.3 is 10.6 Å². The molecule has 0 bridgehead atoms. The minimum atomic E-state index is -0.317. The number of hydrogen-bond donors (Lipinski definition) is 2. The van der Waals surface area contributed by atoms with Crippen molar-refractivity contribution in [1.29, 1.82) is 0 Å². The van der Waals surface area contributed by atoms with Crippen molar-refractivity contribution in [2.45, 2.75) is 39.2 Å². The van der Waals surface area contributed by atoms with E-state index in [9.17, 15) is 9.18 Å². The van der Waals surface area contributed by atoms with Gasteiger partial charge in [-0.3, -0.25) is 4.79 Å². The van der Waals surface area contributed by atoms with Gasteiger partial charge in [-0.25, -0.2) is 9.07 Å². The zero-order valence-electron chi connectivity index (χ0n) is 14.3.